The van der Waals surface area contributed by atoms with Gasteiger partial charge >= 0.3 is 0 Å². The predicted octanol–water partition coefficient (Wildman–Crippen LogP) is 1.97. The van der Waals surface area contributed by atoms with Crippen LogP contribution in [0.3, 0.4) is 0 Å². The maximum absolute atomic E-state index is 12.4. The number of H-pyrrole nitrogens is 1. The summed E-state index contributed by atoms with van der Waals surface area (Å²) in [4.78, 5) is 14.1. The zero-order chi connectivity index (χ0) is 13.1. The van der Waals surface area contributed by atoms with Gasteiger partial charge in [-0.1, -0.05) is 18.2 Å². The average Bonchev–Trinajstić information content (AvgIpc) is 2.78. The number of nitrogens with zero attached hydrogens (tertiary/aromatic N) is 2. The third-order valence-corrected chi connectivity index (χ3v) is 2.87. The van der Waals surface area contributed by atoms with Crippen LogP contribution in [0.25, 0.3) is 0 Å². The fraction of sp³-hybridized carbons (Fsp3) is 0.231. The molecule has 0 bridgehead atoms. The predicted molar refractivity (Wildman–Crippen MR) is 71.5 cm³/mol. The van der Waals surface area contributed by atoms with Gasteiger partial charge in [-0.05, 0) is 25.5 Å². The standard InChI is InChI=1S/C13H16N4O/c1-3-17(11-7-5-4-6-9(11)2)13(18)10-8-15-16-12(10)14/h4-8H,3H2,1-2H3,(H3,14,15,16). The Labute approximate surface area is 106 Å². The van der Waals surface area contributed by atoms with Gasteiger partial charge in [0.2, 0.25) is 0 Å². The van der Waals surface area contributed by atoms with Crippen molar-refractivity contribution in [2.24, 2.45) is 0 Å². The van der Waals surface area contributed by atoms with E-state index in [1.165, 1.54) is 6.20 Å². The maximum atomic E-state index is 12.4. The molecule has 1 aromatic heterocycles. The van der Waals surface area contributed by atoms with Gasteiger partial charge in [0, 0.05) is 12.2 Å². The summed E-state index contributed by atoms with van der Waals surface area (Å²) >= 11 is 0. The van der Waals surface area contributed by atoms with E-state index in [4.69, 9.17) is 5.73 Å². The number of anilines is 2. The van der Waals surface area contributed by atoms with Crippen LogP contribution in [0.1, 0.15) is 22.8 Å². The summed E-state index contributed by atoms with van der Waals surface area (Å²) in [5.74, 6) is 0.157. The molecule has 0 fully saturated rings. The minimum absolute atomic E-state index is 0.141. The average molecular weight is 244 g/mol. The van der Waals surface area contributed by atoms with Gasteiger partial charge in [-0.15, -0.1) is 0 Å². The van der Waals surface area contributed by atoms with E-state index in [1.54, 1.807) is 4.90 Å². The lowest BCUT2D eigenvalue weighted by Gasteiger charge is -2.22. The number of aromatic amines is 1. The highest BCUT2D eigenvalue weighted by atomic mass is 16.2. The molecule has 3 N–H and O–H groups in total. The number of nitrogens with two attached hydrogens (primary N) is 1. The van der Waals surface area contributed by atoms with Crippen LogP contribution in [0.15, 0.2) is 30.5 Å². The minimum atomic E-state index is -0.141. The Hall–Kier alpha value is -2.30. The Morgan fingerprint density at radius 1 is 1.44 bits per heavy atom. The molecule has 5 nitrogen and oxygen atoms in total. The number of nitrogens with one attached hydrogen (secondary N) is 1. The second-order valence-electron chi connectivity index (χ2n) is 4.03. The molecule has 0 unspecified atom stereocenters. The number of para-hydroxylation sites is 1. The Bertz CT molecular complexity index is 562. The first-order valence-corrected chi connectivity index (χ1v) is 5.81. The van der Waals surface area contributed by atoms with Gasteiger partial charge in [-0.3, -0.25) is 9.89 Å². The second kappa shape index (κ2) is 4.91. The molecule has 0 radical (unpaired) electrons. The van der Waals surface area contributed by atoms with Gasteiger partial charge in [-0.2, -0.15) is 5.10 Å². The Balaban J connectivity index is 2.39. The van der Waals surface area contributed by atoms with E-state index in [2.05, 4.69) is 10.2 Å². The lowest BCUT2D eigenvalue weighted by atomic mass is 10.1. The van der Waals surface area contributed by atoms with E-state index in [0.29, 0.717) is 17.9 Å². The van der Waals surface area contributed by atoms with Gasteiger partial charge in [0.1, 0.15) is 11.4 Å². The Kier molecular flexibility index (Phi) is 3.32. The zero-order valence-corrected chi connectivity index (χ0v) is 10.5. The lowest BCUT2D eigenvalue weighted by molar-refractivity contribution is 0.0989. The molecule has 1 aromatic carbocycles. The van der Waals surface area contributed by atoms with E-state index >= 15 is 0 Å². The number of amides is 1. The minimum Gasteiger partial charge on any atom is -0.383 e. The summed E-state index contributed by atoms with van der Waals surface area (Å²) in [6, 6.07) is 7.76. The highest BCUT2D eigenvalue weighted by molar-refractivity contribution is 6.08. The summed E-state index contributed by atoms with van der Waals surface area (Å²) in [6.07, 6.45) is 1.46. The van der Waals surface area contributed by atoms with Crippen molar-refractivity contribution in [1.82, 2.24) is 10.2 Å². The topological polar surface area (TPSA) is 75.0 Å². The highest BCUT2D eigenvalue weighted by Gasteiger charge is 2.20. The fourth-order valence-corrected chi connectivity index (χ4v) is 1.90. The van der Waals surface area contributed by atoms with E-state index in [-0.39, 0.29) is 5.91 Å². The highest BCUT2D eigenvalue weighted by Crippen LogP contribution is 2.22. The molecule has 1 amide bonds. The molecule has 18 heavy (non-hydrogen) atoms. The SMILES string of the molecule is CCN(C(=O)c1cn[nH]c1N)c1ccccc1C. The van der Waals surface area contributed by atoms with Gasteiger partial charge in [-0.25, -0.2) is 0 Å². The van der Waals surface area contributed by atoms with Crippen molar-refractivity contribution < 1.29 is 4.79 Å². The molecule has 0 aliphatic rings. The number of carbonyl (C=O) groups is 1. The third-order valence-electron chi connectivity index (χ3n) is 2.87. The van der Waals surface area contributed by atoms with E-state index in [9.17, 15) is 4.79 Å². The molecule has 0 aliphatic heterocycles. The van der Waals surface area contributed by atoms with Crippen LogP contribution in [-0.4, -0.2) is 22.6 Å². The molecule has 1 heterocycles. The summed E-state index contributed by atoms with van der Waals surface area (Å²) in [5, 5.41) is 6.35. The number of rotatable bonds is 3. The largest absolute Gasteiger partial charge is 0.383 e. The molecule has 0 spiro atoms. The molecule has 0 saturated carbocycles. The number of aromatic nitrogens is 2. The second-order valence-corrected chi connectivity index (χ2v) is 4.03. The molecule has 0 saturated heterocycles. The van der Waals surface area contributed by atoms with Crippen molar-refractivity contribution in [3.8, 4) is 0 Å². The van der Waals surface area contributed by atoms with E-state index in [1.807, 2.05) is 38.1 Å². The van der Waals surface area contributed by atoms with Crippen LogP contribution in [-0.2, 0) is 0 Å². The molecular weight excluding hydrogens is 228 g/mol. The van der Waals surface area contributed by atoms with Crippen molar-refractivity contribution in [1.29, 1.82) is 0 Å². The fourth-order valence-electron chi connectivity index (χ4n) is 1.90. The van der Waals surface area contributed by atoms with Crippen molar-refractivity contribution in [2.45, 2.75) is 13.8 Å². The summed E-state index contributed by atoms with van der Waals surface area (Å²) < 4.78 is 0. The number of hydrogen-bond acceptors (Lipinski definition) is 3. The van der Waals surface area contributed by atoms with Crippen molar-refractivity contribution in [3.05, 3.63) is 41.6 Å². The van der Waals surface area contributed by atoms with Gasteiger partial charge in [0.05, 0.1) is 6.20 Å². The van der Waals surface area contributed by atoms with Crippen molar-refractivity contribution in [2.75, 3.05) is 17.2 Å². The summed E-state index contributed by atoms with van der Waals surface area (Å²) in [6.45, 7) is 4.49. The van der Waals surface area contributed by atoms with Gasteiger partial charge < -0.3 is 10.6 Å². The molecule has 0 aliphatic carbocycles. The molecule has 5 heteroatoms. The van der Waals surface area contributed by atoms with Gasteiger partial charge in [0.25, 0.3) is 5.91 Å². The zero-order valence-electron chi connectivity index (χ0n) is 10.5. The Morgan fingerprint density at radius 2 is 2.17 bits per heavy atom. The molecule has 0 atom stereocenters. The van der Waals surface area contributed by atoms with Crippen LogP contribution < -0.4 is 10.6 Å². The molecule has 94 valence electrons. The number of benzene rings is 1. The number of nitrogen functional groups attached to an aromatic ring is 1. The number of carbonyl (C=O) groups excluding carboxylic acids is 1. The number of hydrogen-bond donors (Lipinski definition) is 2. The molecule has 2 rings (SSSR count). The van der Waals surface area contributed by atoms with Crippen LogP contribution in [0.4, 0.5) is 11.5 Å². The van der Waals surface area contributed by atoms with Crippen LogP contribution in [0.2, 0.25) is 0 Å². The lowest BCUT2D eigenvalue weighted by Crippen LogP contribution is -2.31. The summed E-state index contributed by atoms with van der Waals surface area (Å²) in [7, 11) is 0. The third kappa shape index (κ3) is 2.07. The van der Waals surface area contributed by atoms with Crippen LogP contribution in [0, 0.1) is 6.92 Å². The first kappa shape index (κ1) is 12.2. The van der Waals surface area contributed by atoms with E-state index < -0.39 is 0 Å². The Morgan fingerprint density at radius 3 is 2.72 bits per heavy atom. The van der Waals surface area contributed by atoms with Crippen molar-refractivity contribution >= 4 is 17.4 Å². The molecule has 2 aromatic rings. The van der Waals surface area contributed by atoms with E-state index in [0.717, 1.165) is 11.3 Å². The van der Waals surface area contributed by atoms with Crippen molar-refractivity contribution in [3.63, 3.8) is 0 Å². The quantitative estimate of drug-likeness (QED) is 0.866. The number of aryl methyl sites for hydroxylation is 1. The maximum Gasteiger partial charge on any atom is 0.263 e. The smallest absolute Gasteiger partial charge is 0.263 e. The first-order valence-electron chi connectivity index (χ1n) is 5.81. The van der Waals surface area contributed by atoms with Crippen LogP contribution >= 0.6 is 0 Å². The summed E-state index contributed by atoms with van der Waals surface area (Å²) in [5.41, 5.74) is 8.03. The molecular formula is C13H16N4O. The van der Waals surface area contributed by atoms with Gasteiger partial charge in [0.15, 0.2) is 0 Å². The first-order chi connectivity index (χ1) is 8.65. The monoisotopic (exact) mass is 244 g/mol. The normalized spacial score (nSPS) is 10.3. The van der Waals surface area contributed by atoms with Crippen LogP contribution in [0.5, 0.6) is 0 Å².